The number of halogens is 5. The number of fused-ring (bicyclic) bond motifs is 2. The van der Waals surface area contributed by atoms with Gasteiger partial charge < -0.3 is 14.0 Å². The van der Waals surface area contributed by atoms with Crippen LogP contribution in [0.1, 0.15) is 12.6 Å². The number of aromatic nitrogens is 4. The van der Waals surface area contributed by atoms with E-state index in [9.17, 15) is 30.4 Å². The van der Waals surface area contributed by atoms with Gasteiger partial charge in [-0.2, -0.15) is 13.2 Å². The lowest BCUT2D eigenvalue weighted by molar-refractivity contribution is -0.286. The average Bonchev–Trinajstić information content (AvgIpc) is 3.32. The first kappa shape index (κ1) is 23.9. The van der Waals surface area contributed by atoms with Gasteiger partial charge in [0.25, 0.3) is 0 Å². The first-order valence-corrected chi connectivity index (χ1v) is 12.0. The third kappa shape index (κ3) is 3.90. The van der Waals surface area contributed by atoms with Crippen LogP contribution >= 0.6 is 0 Å². The van der Waals surface area contributed by atoms with E-state index in [2.05, 4.69) is 24.4 Å². The summed E-state index contributed by atoms with van der Waals surface area (Å²) in [6.45, 7) is 1.40. The van der Waals surface area contributed by atoms with Gasteiger partial charge in [-0.25, -0.2) is 18.4 Å². The van der Waals surface area contributed by atoms with Crippen molar-refractivity contribution in [3.05, 3.63) is 48.4 Å². The zero-order chi connectivity index (χ0) is 26.0. The first-order valence-electron chi connectivity index (χ1n) is 10.3. The summed E-state index contributed by atoms with van der Waals surface area (Å²) in [7, 11) is -2.48. The van der Waals surface area contributed by atoms with Crippen molar-refractivity contribution in [1.29, 1.82) is 0 Å². The predicted octanol–water partition coefficient (Wildman–Crippen LogP) is 4.83. The van der Waals surface area contributed by atoms with Crippen molar-refractivity contribution in [2.24, 2.45) is 7.05 Å². The number of hydrogen-bond donors (Lipinski definition) is 0. The minimum atomic E-state index is -4.69. The molecular formula is C22H15F5N4O4S. The minimum absolute atomic E-state index is 0.0193. The maximum atomic E-state index is 13.6. The molecule has 36 heavy (non-hydrogen) atoms. The lowest BCUT2D eigenvalue weighted by Gasteiger charge is -2.12. The van der Waals surface area contributed by atoms with Crippen LogP contribution < -0.4 is 9.47 Å². The molecule has 0 amide bonds. The number of nitrogens with zero attached hydrogens (tertiary/aromatic N) is 4. The van der Waals surface area contributed by atoms with Gasteiger partial charge in [-0.15, -0.1) is 8.78 Å². The van der Waals surface area contributed by atoms with Crippen molar-refractivity contribution in [1.82, 2.24) is 19.5 Å². The second-order valence-electron chi connectivity index (χ2n) is 7.82. The predicted molar refractivity (Wildman–Crippen MR) is 116 cm³/mol. The summed E-state index contributed by atoms with van der Waals surface area (Å²) in [5, 5.41) is 0. The number of rotatable bonds is 4. The second kappa shape index (κ2) is 7.85. The largest absolute Gasteiger partial charge is 0.586 e. The van der Waals surface area contributed by atoms with Crippen molar-refractivity contribution < 1.29 is 39.8 Å². The van der Waals surface area contributed by atoms with Gasteiger partial charge in [-0.3, -0.25) is 4.98 Å². The first-order chi connectivity index (χ1) is 16.8. The Morgan fingerprint density at radius 1 is 1.08 bits per heavy atom. The Morgan fingerprint density at radius 2 is 1.83 bits per heavy atom. The lowest BCUT2D eigenvalue weighted by atomic mass is 10.1. The van der Waals surface area contributed by atoms with Gasteiger partial charge in [-0.05, 0) is 18.2 Å². The molecule has 0 saturated heterocycles. The molecule has 0 unspecified atom stereocenters. The fourth-order valence-electron chi connectivity index (χ4n) is 3.80. The number of sulfone groups is 1. The number of alkyl halides is 5. The topological polar surface area (TPSA) is 96.2 Å². The number of benzene rings is 1. The molecule has 0 aliphatic carbocycles. The minimum Gasteiger partial charge on any atom is -0.395 e. The molecule has 4 heterocycles. The Labute approximate surface area is 200 Å². The number of para-hydroxylation sites is 1. The molecule has 4 aromatic rings. The van der Waals surface area contributed by atoms with E-state index in [1.807, 2.05) is 0 Å². The van der Waals surface area contributed by atoms with E-state index in [1.165, 1.54) is 49.0 Å². The highest BCUT2D eigenvalue weighted by Crippen LogP contribution is 2.47. The average molecular weight is 526 g/mol. The van der Waals surface area contributed by atoms with E-state index >= 15 is 0 Å². The highest BCUT2D eigenvalue weighted by Gasteiger charge is 2.44. The fourth-order valence-corrected chi connectivity index (χ4v) is 4.86. The monoisotopic (exact) mass is 526 g/mol. The molecule has 1 aromatic carbocycles. The SMILES string of the molecule is CCS(=O)(=O)c1cc(-c2cccc3c2OC(F)(F)O3)cnc1-c1nc2cc(C(F)(F)F)ncc2n1C. The molecule has 1 aliphatic heterocycles. The molecule has 0 fully saturated rings. The van der Waals surface area contributed by atoms with Crippen LogP contribution in [0.2, 0.25) is 0 Å². The summed E-state index contributed by atoms with van der Waals surface area (Å²) in [5.74, 6) is -0.872. The smallest absolute Gasteiger partial charge is 0.395 e. The Balaban J connectivity index is 1.70. The van der Waals surface area contributed by atoms with Gasteiger partial charge in [0.15, 0.2) is 27.2 Å². The highest BCUT2D eigenvalue weighted by molar-refractivity contribution is 7.91. The van der Waals surface area contributed by atoms with Crippen LogP contribution in [0.4, 0.5) is 22.0 Å². The van der Waals surface area contributed by atoms with E-state index < -0.39 is 28.0 Å². The Hall–Kier alpha value is -3.81. The Bertz CT molecular complexity index is 1630. The van der Waals surface area contributed by atoms with Crippen molar-refractivity contribution >= 4 is 20.9 Å². The van der Waals surface area contributed by atoms with E-state index in [4.69, 9.17) is 0 Å². The molecular weight excluding hydrogens is 511 g/mol. The van der Waals surface area contributed by atoms with Gasteiger partial charge in [0.05, 0.1) is 27.9 Å². The molecule has 14 heteroatoms. The normalized spacial score (nSPS) is 15.0. The molecule has 0 atom stereocenters. The summed E-state index contributed by atoms with van der Waals surface area (Å²) < 4.78 is 103. The molecule has 0 N–H and O–H groups in total. The number of hydrogen-bond acceptors (Lipinski definition) is 7. The van der Waals surface area contributed by atoms with Crippen LogP contribution in [0.5, 0.6) is 11.5 Å². The van der Waals surface area contributed by atoms with Gasteiger partial charge in [-0.1, -0.05) is 19.1 Å². The number of pyridine rings is 2. The number of aryl methyl sites for hydroxylation is 1. The molecule has 0 saturated carbocycles. The number of ether oxygens (including phenoxy) is 2. The zero-order valence-electron chi connectivity index (χ0n) is 18.5. The number of imidazole rings is 1. The summed E-state index contributed by atoms with van der Waals surface area (Å²) in [4.78, 5) is 11.6. The van der Waals surface area contributed by atoms with E-state index in [0.29, 0.717) is 0 Å². The molecule has 3 aromatic heterocycles. The van der Waals surface area contributed by atoms with Crippen LogP contribution in [0.15, 0.2) is 47.6 Å². The lowest BCUT2D eigenvalue weighted by Crippen LogP contribution is -2.26. The van der Waals surface area contributed by atoms with Crippen LogP contribution in [0, 0.1) is 0 Å². The standard InChI is InChI=1S/C22H15F5N4O4S/c1-3-36(32,33)16-7-11(12-5-4-6-15-19(12)35-22(26,27)34-15)9-29-18(16)20-30-13-8-17(21(23,24)25)28-10-14(13)31(20)2/h4-10H,3H2,1-2H3. The summed E-state index contributed by atoms with van der Waals surface area (Å²) in [6.07, 6.45) is -6.36. The molecule has 0 spiro atoms. The maximum absolute atomic E-state index is 13.6. The second-order valence-corrected chi connectivity index (χ2v) is 10.1. The third-order valence-electron chi connectivity index (χ3n) is 5.58. The Morgan fingerprint density at radius 3 is 2.53 bits per heavy atom. The van der Waals surface area contributed by atoms with Crippen LogP contribution in [-0.2, 0) is 23.1 Å². The summed E-state index contributed by atoms with van der Waals surface area (Å²) >= 11 is 0. The van der Waals surface area contributed by atoms with Gasteiger partial charge in [0.1, 0.15) is 11.4 Å². The van der Waals surface area contributed by atoms with E-state index in [-0.39, 0.29) is 55.8 Å². The van der Waals surface area contributed by atoms with Crippen molar-refractivity contribution in [3.63, 3.8) is 0 Å². The van der Waals surface area contributed by atoms with E-state index in [1.54, 1.807) is 0 Å². The fraction of sp³-hybridized carbons (Fsp3) is 0.227. The van der Waals surface area contributed by atoms with Crippen LogP contribution in [-0.4, -0.2) is 40.0 Å². The molecule has 0 radical (unpaired) electrons. The van der Waals surface area contributed by atoms with E-state index in [0.717, 1.165) is 12.3 Å². The van der Waals surface area contributed by atoms with Crippen molar-refractivity contribution in [3.8, 4) is 34.1 Å². The molecule has 0 bridgehead atoms. The maximum Gasteiger partial charge on any atom is 0.586 e. The molecule has 8 nitrogen and oxygen atoms in total. The van der Waals surface area contributed by atoms with Crippen molar-refractivity contribution in [2.75, 3.05) is 5.75 Å². The van der Waals surface area contributed by atoms with Gasteiger partial charge in [0.2, 0.25) is 0 Å². The van der Waals surface area contributed by atoms with Gasteiger partial charge >= 0.3 is 12.5 Å². The summed E-state index contributed by atoms with van der Waals surface area (Å²) in [5.41, 5.74) is -0.861. The summed E-state index contributed by atoms with van der Waals surface area (Å²) in [6, 6.07) is 6.12. The van der Waals surface area contributed by atoms with Crippen LogP contribution in [0.25, 0.3) is 33.7 Å². The highest BCUT2D eigenvalue weighted by atomic mass is 32.2. The third-order valence-corrected chi connectivity index (χ3v) is 7.32. The van der Waals surface area contributed by atoms with Crippen LogP contribution in [0.3, 0.4) is 0 Å². The van der Waals surface area contributed by atoms with Gasteiger partial charge in [0, 0.05) is 24.4 Å². The molecule has 188 valence electrons. The zero-order valence-corrected chi connectivity index (χ0v) is 19.3. The quantitative estimate of drug-likeness (QED) is 0.352. The molecule has 5 rings (SSSR count). The Kier molecular flexibility index (Phi) is 5.21. The van der Waals surface area contributed by atoms with Crippen molar-refractivity contribution in [2.45, 2.75) is 24.3 Å². The molecule has 1 aliphatic rings.